The van der Waals surface area contributed by atoms with Crippen LogP contribution in [-0.4, -0.2) is 72.5 Å². The first-order valence-corrected chi connectivity index (χ1v) is 15.2. The van der Waals surface area contributed by atoms with E-state index in [9.17, 15) is 9.59 Å². The Labute approximate surface area is 255 Å². The van der Waals surface area contributed by atoms with Crippen molar-refractivity contribution in [2.24, 2.45) is 0 Å². The molecule has 0 unspecified atom stereocenters. The van der Waals surface area contributed by atoms with Crippen molar-refractivity contribution in [3.8, 4) is 11.5 Å². The third kappa shape index (κ3) is 5.82. The van der Waals surface area contributed by atoms with Crippen LogP contribution in [0.15, 0.2) is 27.7 Å². The molecule has 0 atom stereocenters. The summed E-state index contributed by atoms with van der Waals surface area (Å²) >= 11 is 0. The second-order valence-electron chi connectivity index (χ2n) is 12.6. The van der Waals surface area contributed by atoms with E-state index in [0.717, 1.165) is 42.3 Å². The first-order valence-electron chi connectivity index (χ1n) is 15.2. The number of nitrogens with zero attached hydrogens (tertiary/aromatic N) is 8. The van der Waals surface area contributed by atoms with E-state index in [2.05, 4.69) is 30.4 Å². The molecule has 44 heavy (non-hydrogen) atoms. The van der Waals surface area contributed by atoms with Crippen molar-refractivity contribution < 1.29 is 13.9 Å². The Kier molecular flexibility index (Phi) is 7.72. The third-order valence-corrected chi connectivity index (χ3v) is 8.23. The zero-order valence-corrected chi connectivity index (χ0v) is 26.2. The highest BCUT2D eigenvalue weighted by Crippen LogP contribution is 2.34. The fourth-order valence-electron chi connectivity index (χ4n) is 6.06. The molecule has 1 aliphatic heterocycles. The standard InChI is InChI=1S/C31H39N9O4/c1-18-15-24(32-17-23(18)38-11-13-39(14-12-38)30(42)44-31(4,5)6)34-29-33-16-22-19(2)25(27-37-36-20(3)43-27)28(41)40(26(22)35-29)21-9-7-8-10-21/h15-17,21H,7-14H2,1-6H3,(H,32,33,34,35). The maximum Gasteiger partial charge on any atom is 0.410 e. The summed E-state index contributed by atoms with van der Waals surface area (Å²) in [6.45, 7) is 13.8. The first-order chi connectivity index (χ1) is 21.0. The predicted molar refractivity (Wildman–Crippen MR) is 166 cm³/mol. The van der Waals surface area contributed by atoms with E-state index in [1.165, 1.54) is 0 Å². The number of amides is 1. The fourth-order valence-corrected chi connectivity index (χ4v) is 6.06. The van der Waals surface area contributed by atoms with Crippen LogP contribution in [0.4, 0.5) is 22.2 Å². The number of carbonyl (C=O) groups is 1. The van der Waals surface area contributed by atoms with Crippen molar-refractivity contribution in [1.29, 1.82) is 0 Å². The second-order valence-corrected chi connectivity index (χ2v) is 12.6. The Morgan fingerprint density at radius 1 is 1.02 bits per heavy atom. The molecule has 0 radical (unpaired) electrons. The van der Waals surface area contributed by atoms with Gasteiger partial charge in [-0.1, -0.05) is 12.8 Å². The fraction of sp³-hybridized carbons (Fsp3) is 0.516. The SMILES string of the molecule is Cc1nnc(-c2c(C)c3cnc(Nc4cc(C)c(N5CCN(C(=O)OC(C)(C)C)CC5)cn4)nc3n(C3CCCC3)c2=O)o1. The zero-order valence-electron chi connectivity index (χ0n) is 26.2. The van der Waals surface area contributed by atoms with Gasteiger partial charge in [0.2, 0.25) is 11.8 Å². The molecular formula is C31H39N9O4. The summed E-state index contributed by atoms with van der Waals surface area (Å²) in [5, 5.41) is 12.1. The van der Waals surface area contributed by atoms with Gasteiger partial charge in [0.15, 0.2) is 0 Å². The normalized spacial score (nSPS) is 16.1. The molecule has 2 aliphatic rings. The Balaban J connectivity index is 1.25. The highest BCUT2D eigenvalue weighted by molar-refractivity contribution is 5.85. The largest absolute Gasteiger partial charge is 0.444 e. The summed E-state index contributed by atoms with van der Waals surface area (Å²) in [6, 6.07) is 1.99. The average Bonchev–Trinajstić information content (AvgIpc) is 3.65. The van der Waals surface area contributed by atoms with Crippen molar-refractivity contribution in [2.75, 3.05) is 36.4 Å². The summed E-state index contributed by atoms with van der Waals surface area (Å²) < 4.78 is 13.0. The maximum absolute atomic E-state index is 13.9. The minimum Gasteiger partial charge on any atom is -0.444 e. The first kappa shape index (κ1) is 29.5. The van der Waals surface area contributed by atoms with Crippen LogP contribution in [0.5, 0.6) is 0 Å². The van der Waals surface area contributed by atoms with Crippen LogP contribution >= 0.6 is 0 Å². The smallest absolute Gasteiger partial charge is 0.410 e. The van der Waals surface area contributed by atoms with Crippen molar-refractivity contribution in [2.45, 2.75) is 78.9 Å². The number of rotatable bonds is 5. The number of piperazine rings is 1. The van der Waals surface area contributed by atoms with Gasteiger partial charge in [0.25, 0.3) is 11.4 Å². The van der Waals surface area contributed by atoms with E-state index in [0.29, 0.717) is 60.6 Å². The molecule has 4 aromatic rings. The Morgan fingerprint density at radius 2 is 1.75 bits per heavy atom. The number of anilines is 3. The number of hydrogen-bond donors (Lipinski definition) is 1. The molecule has 2 fully saturated rings. The lowest BCUT2D eigenvalue weighted by Crippen LogP contribution is -2.50. The van der Waals surface area contributed by atoms with Crippen LogP contribution < -0.4 is 15.8 Å². The van der Waals surface area contributed by atoms with Gasteiger partial charge in [-0.05, 0) is 64.7 Å². The highest BCUT2D eigenvalue weighted by Gasteiger charge is 2.28. The lowest BCUT2D eigenvalue weighted by molar-refractivity contribution is 0.0240. The number of pyridine rings is 2. The molecule has 1 N–H and O–H groups in total. The number of carbonyl (C=O) groups excluding carboxylic acids is 1. The van der Waals surface area contributed by atoms with Gasteiger partial charge in [0, 0.05) is 50.7 Å². The summed E-state index contributed by atoms with van der Waals surface area (Å²) in [5.74, 6) is 1.57. The molecule has 1 aliphatic carbocycles. The van der Waals surface area contributed by atoms with E-state index in [4.69, 9.17) is 14.1 Å². The predicted octanol–water partition coefficient (Wildman–Crippen LogP) is 5.08. The second kappa shape index (κ2) is 11.5. The van der Waals surface area contributed by atoms with Gasteiger partial charge in [-0.25, -0.2) is 14.8 Å². The van der Waals surface area contributed by atoms with Crippen molar-refractivity contribution >= 4 is 34.6 Å². The van der Waals surface area contributed by atoms with Crippen LogP contribution in [0, 0.1) is 20.8 Å². The molecule has 6 rings (SSSR count). The molecule has 5 heterocycles. The van der Waals surface area contributed by atoms with Crippen LogP contribution in [0.1, 0.15) is 69.5 Å². The molecule has 13 nitrogen and oxygen atoms in total. The molecule has 1 saturated heterocycles. The zero-order chi connectivity index (χ0) is 31.2. The Hall–Kier alpha value is -4.55. The van der Waals surface area contributed by atoms with Crippen molar-refractivity contribution in [3.05, 3.63) is 45.8 Å². The number of hydrogen-bond acceptors (Lipinski definition) is 11. The van der Waals surface area contributed by atoms with Crippen LogP contribution in [0.2, 0.25) is 0 Å². The summed E-state index contributed by atoms with van der Waals surface area (Å²) in [6.07, 6.45) is 7.22. The summed E-state index contributed by atoms with van der Waals surface area (Å²) in [4.78, 5) is 44.4. The lowest BCUT2D eigenvalue weighted by Gasteiger charge is -2.37. The molecule has 13 heteroatoms. The monoisotopic (exact) mass is 601 g/mol. The topological polar surface area (TPSA) is 144 Å². The number of nitrogens with one attached hydrogen (secondary N) is 1. The third-order valence-electron chi connectivity index (χ3n) is 8.23. The quantitative estimate of drug-likeness (QED) is 0.327. The van der Waals surface area contributed by atoms with Crippen LogP contribution in [0.25, 0.3) is 22.5 Å². The van der Waals surface area contributed by atoms with Crippen molar-refractivity contribution in [1.82, 2.24) is 34.6 Å². The summed E-state index contributed by atoms with van der Waals surface area (Å²) in [7, 11) is 0. The highest BCUT2D eigenvalue weighted by atomic mass is 16.6. The van der Waals surface area contributed by atoms with E-state index in [1.807, 2.05) is 46.9 Å². The minimum atomic E-state index is -0.517. The van der Waals surface area contributed by atoms with Crippen LogP contribution in [0.3, 0.4) is 0 Å². The molecular weight excluding hydrogens is 562 g/mol. The molecule has 0 spiro atoms. The van der Waals surface area contributed by atoms with E-state index < -0.39 is 5.60 Å². The van der Waals surface area contributed by atoms with E-state index in [-0.39, 0.29) is 23.6 Å². The minimum absolute atomic E-state index is 0.0338. The summed E-state index contributed by atoms with van der Waals surface area (Å²) in [5.41, 5.74) is 3.03. The van der Waals surface area contributed by atoms with E-state index >= 15 is 0 Å². The Bertz CT molecular complexity index is 1760. The van der Waals surface area contributed by atoms with Gasteiger partial charge in [-0.3, -0.25) is 9.36 Å². The van der Waals surface area contributed by atoms with E-state index in [1.54, 1.807) is 22.6 Å². The Morgan fingerprint density at radius 3 is 2.39 bits per heavy atom. The number of aryl methyl sites for hydroxylation is 3. The lowest BCUT2D eigenvalue weighted by atomic mass is 10.1. The molecule has 1 saturated carbocycles. The molecule has 232 valence electrons. The number of fused-ring (bicyclic) bond motifs is 1. The van der Waals surface area contributed by atoms with Gasteiger partial charge < -0.3 is 24.3 Å². The van der Waals surface area contributed by atoms with Crippen molar-refractivity contribution in [3.63, 3.8) is 0 Å². The molecule has 0 aromatic carbocycles. The van der Waals surface area contributed by atoms with Gasteiger partial charge in [0.1, 0.15) is 22.6 Å². The number of ether oxygens (including phenoxy) is 1. The van der Waals surface area contributed by atoms with Gasteiger partial charge in [0.05, 0.1) is 11.9 Å². The average molecular weight is 602 g/mol. The molecule has 4 aromatic heterocycles. The van der Waals surface area contributed by atoms with Gasteiger partial charge >= 0.3 is 6.09 Å². The van der Waals surface area contributed by atoms with Gasteiger partial charge in [-0.15, -0.1) is 10.2 Å². The molecule has 0 bridgehead atoms. The molecule has 1 amide bonds. The van der Waals surface area contributed by atoms with Gasteiger partial charge in [-0.2, -0.15) is 4.98 Å². The van der Waals surface area contributed by atoms with Crippen LogP contribution in [-0.2, 0) is 4.74 Å². The maximum atomic E-state index is 13.9. The number of aromatic nitrogens is 6.